The average Bonchev–Trinajstić information content (AvgIpc) is 2.21. The van der Waals surface area contributed by atoms with E-state index in [1.165, 1.54) is 0 Å². The highest BCUT2D eigenvalue weighted by Gasteiger charge is 2.06. The van der Waals surface area contributed by atoms with Gasteiger partial charge >= 0.3 is 0 Å². The van der Waals surface area contributed by atoms with Crippen molar-refractivity contribution < 1.29 is 4.74 Å². The lowest BCUT2D eigenvalue weighted by Crippen LogP contribution is -1.94. The highest BCUT2D eigenvalue weighted by Crippen LogP contribution is 1.96. The minimum atomic E-state index is 0.148. The molecule has 1 aliphatic rings. The second-order valence-electron chi connectivity index (χ2n) is 1.12. The fourth-order valence-corrected chi connectivity index (χ4v) is 0.284. The Morgan fingerprint density at radius 3 is 2.50 bits per heavy atom. The van der Waals surface area contributed by atoms with Gasteiger partial charge in [-0.15, -0.1) is 0 Å². The van der Waals surface area contributed by atoms with Gasteiger partial charge in [-0.05, 0) is 6.92 Å². The van der Waals surface area contributed by atoms with E-state index in [0.29, 0.717) is 0 Å². The van der Waals surface area contributed by atoms with Crippen LogP contribution in [0.1, 0.15) is 6.92 Å². The van der Waals surface area contributed by atoms with Crippen LogP contribution in [0.2, 0.25) is 0 Å². The largest absolute Gasteiger partial charge is 0.354 e. The molecule has 1 rings (SSSR count). The van der Waals surface area contributed by atoms with Crippen LogP contribution >= 0.6 is 0 Å². The van der Waals surface area contributed by atoms with Crippen LogP contribution in [0.5, 0.6) is 0 Å². The summed E-state index contributed by atoms with van der Waals surface area (Å²) in [6.07, 6.45) is 0.148. The number of rotatable bonds is 2. The summed E-state index contributed by atoms with van der Waals surface area (Å²) in [7, 11) is 0. The molecule has 1 heteroatoms. The average molecular weight is 82.1 g/mol. The summed E-state index contributed by atoms with van der Waals surface area (Å²) < 4.78 is 4.93. The van der Waals surface area contributed by atoms with E-state index in [1.54, 1.807) is 0 Å². The van der Waals surface area contributed by atoms with Gasteiger partial charge in [0.1, 0.15) is 0 Å². The molecule has 0 aromatic rings. The van der Waals surface area contributed by atoms with Gasteiger partial charge in [-0.25, -0.2) is 0 Å². The van der Waals surface area contributed by atoms with Gasteiger partial charge < -0.3 is 4.74 Å². The number of hydrogen-bond acceptors (Lipinski definition) is 1. The van der Waals surface area contributed by atoms with E-state index in [-0.39, 0.29) is 6.10 Å². The van der Waals surface area contributed by atoms with Crippen molar-refractivity contribution in [2.45, 2.75) is 13.0 Å². The summed E-state index contributed by atoms with van der Waals surface area (Å²) in [6.45, 7) is 2.73. The van der Waals surface area contributed by atoms with E-state index in [4.69, 9.17) is 4.74 Å². The Labute approximate surface area is 37.3 Å². The molecule has 1 aliphatic carbocycles. The van der Waals surface area contributed by atoms with Gasteiger partial charge in [0.05, 0.1) is 0 Å². The van der Waals surface area contributed by atoms with Gasteiger partial charge in [-0.3, -0.25) is 0 Å². The lowest BCUT2D eigenvalue weighted by Gasteiger charge is -1.88. The standard InChI is InChI=1S/C5H6O/c1-2-6-5-3-4-5/h5H,2H2,1H3. The molecule has 0 N–H and O–H groups in total. The van der Waals surface area contributed by atoms with Gasteiger partial charge in [-0.1, -0.05) is 11.8 Å². The summed E-state index contributed by atoms with van der Waals surface area (Å²) in [6, 6.07) is 0. The monoisotopic (exact) mass is 82.0 g/mol. The van der Waals surface area contributed by atoms with Gasteiger partial charge in [0.25, 0.3) is 0 Å². The molecule has 1 nitrogen and oxygen atoms in total. The predicted molar refractivity (Wildman–Crippen MR) is 23.2 cm³/mol. The van der Waals surface area contributed by atoms with Crippen molar-refractivity contribution >= 4 is 0 Å². The Hall–Kier alpha value is -0.480. The van der Waals surface area contributed by atoms with Gasteiger partial charge in [-0.2, -0.15) is 0 Å². The molecular formula is C5H6O. The van der Waals surface area contributed by atoms with Crippen LogP contribution < -0.4 is 0 Å². The summed E-state index contributed by atoms with van der Waals surface area (Å²) >= 11 is 0. The smallest absolute Gasteiger partial charge is 0.179 e. The van der Waals surface area contributed by atoms with Crippen LogP contribution in [-0.2, 0) is 4.74 Å². The zero-order valence-corrected chi connectivity index (χ0v) is 3.69. The summed E-state index contributed by atoms with van der Waals surface area (Å²) in [5.41, 5.74) is 0. The molecule has 0 radical (unpaired) electrons. The fraction of sp³-hybridized carbons (Fsp3) is 0.600. The van der Waals surface area contributed by atoms with Crippen molar-refractivity contribution in [1.82, 2.24) is 0 Å². The van der Waals surface area contributed by atoms with Crippen LogP contribution in [0.15, 0.2) is 0 Å². The lowest BCUT2D eigenvalue weighted by atomic mass is 10.7. The molecule has 6 heavy (non-hydrogen) atoms. The highest BCUT2D eigenvalue weighted by atomic mass is 16.5. The summed E-state index contributed by atoms with van der Waals surface area (Å²) in [4.78, 5) is 0. The van der Waals surface area contributed by atoms with Crippen molar-refractivity contribution in [3.8, 4) is 11.8 Å². The minimum absolute atomic E-state index is 0.148. The second kappa shape index (κ2) is 1.32. The maximum absolute atomic E-state index is 4.93. The molecule has 0 unspecified atom stereocenters. The van der Waals surface area contributed by atoms with Gasteiger partial charge in [0.2, 0.25) is 0 Å². The molecule has 0 fully saturated rings. The maximum atomic E-state index is 4.93. The second-order valence-corrected chi connectivity index (χ2v) is 1.12. The summed E-state index contributed by atoms with van der Waals surface area (Å²) in [5, 5.41) is 0. The molecular weight excluding hydrogens is 76.1 g/mol. The van der Waals surface area contributed by atoms with Crippen LogP contribution in [0.25, 0.3) is 0 Å². The van der Waals surface area contributed by atoms with Crippen LogP contribution in [-0.4, -0.2) is 12.7 Å². The van der Waals surface area contributed by atoms with Crippen molar-refractivity contribution in [3.63, 3.8) is 0 Å². The number of ether oxygens (including phenoxy) is 1. The molecule has 0 spiro atoms. The molecule has 0 bridgehead atoms. The lowest BCUT2D eigenvalue weighted by molar-refractivity contribution is 0.153. The van der Waals surface area contributed by atoms with Gasteiger partial charge in [0.15, 0.2) is 6.10 Å². The van der Waals surface area contributed by atoms with E-state index in [0.717, 1.165) is 6.61 Å². The Balaban J connectivity index is 1.91. The predicted octanol–water partition coefficient (Wildman–Crippen LogP) is 0.408. The maximum Gasteiger partial charge on any atom is 0.179 e. The zero-order chi connectivity index (χ0) is 4.41. The minimum Gasteiger partial charge on any atom is -0.354 e. The van der Waals surface area contributed by atoms with E-state index in [2.05, 4.69) is 11.8 Å². The van der Waals surface area contributed by atoms with Crippen LogP contribution in [0.3, 0.4) is 0 Å². The van der Waals surface area contributed by atoms with Crippen molar-refractivity contribution in [2.24, 2.45) is 0 Å². The Kier molecular flexibility index (Phi) is 0.813. The Morgan fingerprint density at radius 1 is 1.67 bits per heavy atom. The first kappa shape index (κ1) is 3.70. The first-order valence-electron chi connectivity index (χ1n) is 2.06. The molecule has 0 amide bonds. The fourth-order valence-electron chi connectivity index (χ4n) is 0.284. The quantitative estimate of drug-likeness (QED) is 0.438. The van der Waals surface area contributed by atoms with E-state index < -0.39 is 0 Å². The normalized spacial score (nSPS) is 16.2. The van der Waals surface area contributed by atoms with Crippen molar-refractivity contribution in [3.05, 3.63) is 0 Å². The van der Waals surface area contributed by atoms with Crippen LogP contribution in [0, 0.1) is 11.8 Å². The van der Waals surface area contributed by atoms with E-state index in [1.807, 2.05) is 6.92 Å². The third-order valence-corrected chi connectivity index (χ3v) is 0.596. The third kappa shape index (κ3) is 0.734. The van der Waals surface area contributed by atoms with E-state index >= 15 is 0 Å². The van der Waals surface area contributed by atoms with Crippen LogP contribution in [0.4, 0.5) is 0 Å². The SMILES string of the molecule is CCOC1C#C1. The molecule has 0 heterocycles. The molecule has 0 aromatic carbocycles. The van der Waals surface area contributed by atoms with Crippen molar-refractivity contribution in [2.75, 3.05) is 6.61 Å². The number of hydrogen-bond donors (Lipinski definition) is 0. The van der Waals surface area contributed by atoms with Crippen molar-refractivity contribution in [1.29, 1.82) is 0 Å². The summed E-state index contributed by atoms with van der Waals surface area (Å²) in [5.74, 6) is 5.53. The molecule has 0 saturated heterocycles. The Bertz CT molecular complexity index is 88.2. The topological polar surface area (TPSA) is 9.23 Å². The first-order valence-corrected chi connectivity index (χ1v) is 2.06. The molecule has 0 atom stereocenters. The molecule has 0 aromatic heterocycles. The first-order chi connectivity index (χ1) is 2.93. The zero-order valence-electron chi connectivity index (χ0n) is 3.69. The van der Waals surface area contributed by atoms with E-state index in [9.17, 15) is 0 Å². The molecule has 32 valence electrons. The highest BCUT2D eigenvalue weighted by molar-refractivity contribution is 5.32. The molecule has 0 saturated carbocycles. The Morgan fingerprint density at radius 2 is 2.33 bits per heavy atom. The molecule has 0 aliphatic heterocycles. The third-order valence-electron chi connectivity index (χ3n) is 0.596. The van der Waals surface area contributed by atoms with Gasteiger partial charge in [0, 0.05) is 6.61 Å².